The van der Waals surface area contributed by atoms with Crippen LogP contribution in [0.2, 0.25) is 0 Å². The number of thiophene rings is 1. The van der Waals surface area contributed by atoms with E-state index < -0.39 is 0 Å². The van der Waals surface area contributed by atoms with E-state index in [1.54, 1.807) is 42.2 Å². The minimum Gasteiger partial charge on any atom is -0.370 e. The van der Waals surface area contributed by atoms with Crippen LogP contribution in [-0.4, -0.2) is 21.5 Å². The highest BCUT2D eigenvalue weighted by Crippen LogP contribution is 2.45. The zero-order valence-electron chi connectivity index (χ0n) is 13.5. The lowest BCUT2D eigenvalue weighted by atomic mass is 10.00. The maximum atomic E-state index is 13.4. The third-order valence-electron chi connectivity index (χ3n) is 3.91. The Balaban J connectivity index is 2.06. The number of hydrogen-bond donors (Lipinski definition) is 1. The van der Waals surface area contributed by atoms with Crippen molar-refractivity contribution in [3.8, 4) is 21.6 Å². The van der Waals surface area contributed by atoms with Crippen LogP contribution < -0.4 is 5.32 Å². The number of nitrogens with one attached hydrogen (secondary N) is 1. The Labute approximate surface area is 148 Å². The first-order chi connectivity index (χ1) is 12.3. The number of halogens is 1. The molecule has 124 valence electrons. The Morgan fingerprint density at radius 3 is 2.48 bits per heavy atom. The van der Waals surface area contributed by atoms with E-state index in [2.05, 4.69) is 20.3 Å². The van der Waals surface area contributed by atoms with Gasteiger partial charge in [0.1, 0.15) is 22.8 Å². The molecule has 0 aliphatic carbocycles. The average Bonchev–Trinajstić information content (AvgIpc) is 3.04. The fraction of sp³-hybridized carbons (Fsp3) is 0.105. The van der Waals surface area contributed by atoms with E-state index in [0.29, 0.717) is 0 Å². The number of anilines is 1. The summed E-state index contributed by atoms with van der Waals surface area (Å²) in [5.41, 5.74) is 3.01. The van der Waals surface area contributed by atoms with Crippen molar-refractivity contribution in [2.45, 2.75) is 6.92 Å². The number of nitrogens with zero attached hydrogens (tertiary/aromatic N) is 3. The van der Waals surface area contributed by atoms with Gasteiger partial charge in [0.2, 0.25) is 0 Å². The topological polar surface area (TPSA) is 50.7 Å². The van der Waals surface area contributed by atoms with Crippen LogP contribution in [0.5, 0.6) is 0 Å². The molecule has 0 atom stereocenters. The van der Waals surface area contributed by atoms with Gasteiger partial charge in [-0.25, -0.2) is 14.4 Å². The van der Waals surface area contributed by atoms with Gasteiger partial charge < -0.3 is 5.32 Å². The van der Waals surface area contributed by atoms with E-state index in [1.807, 2.05) is 19.1 Å². The summed E-state index contributed by atoms with van der Waals surface area (Å²) >= 11 is 1.60. The van der Waals surface area contributed by atoms with Crippen LogP contribution in [0.3, 0.4) is 0 Å². The molecule has 6 heteroatoms. The monoisotopic (exact) mass is 350 g/mol. The standard InChI is InChI=1S/C19H15FN4S/c1-2-22-18-16-15(12-3-5-14(20)6-4-12)17(13-7-9-21-10-8-13)25-19(16)24-11-23-18/h3-11H,2H2,1H3,(H,22,23,24). The van der Waals surface area contributed by atoms with Crippen LogP contribution in [0.25, 0.3) is 31.8 Å². The summed E-state index contributed by atoms with van der Waals surface area (Å²) in [4.78, 5) is 14.9. The second-order valence-corrected chi connectivity index (χ2v) is 6.48. The van der Waals surface area contributed by atoms with Crippen molar-refractivity contribution in [3.05, 3.63) is 60.9 Å². The van der Waals surface area contributed by atoms with Crippen LogP contribution >= 0.6 is 11.3 Å². The molecule has 4 rings (SSSR count). The smallest absolute Gasteiger partial charge is 0.138 e. The van der Waals surface area contributed by atoms with E-state index in [1.165, 1.54) is 12.1 Å². The van der Waals surface area contributed by atoms with Gasteiger partial charge in [0.25, 0.3) is 0 Å². The lowest BCUT2D eigenvalue weighted by Crippen LogP contribution is -2.00. The molecule has 1 aromatic carbocycles. The molecule has 0 aliphatic rings. The molecule has 1 N–H and O–H groups in total. The zero-order chi connectivity index (χ0) is 17.2. The first kappa shape index (κ1) is 15.7. The maximum absolute atomic E-state index is 13.4. The predicted octanol–water partition coefficient (Wildman–Crippen LogP) is 4.99. The van der Waals surface area contributed by atoms with Gasteiger partial charge in [0, 0.05) is 29.4 Å². The van der Waals surface area contributed by atoms with Crippen LogP contribution in [0.1, 0.15) is 6.92 Å². The fourth-order valence-electron chi connectivity index (χ4n) is 2.83. The SMILES string of the molecule is CCNc1ncnc2sc(-c3ccncc3)c(-c3ccc(F)cc3)c12. The van der Waals surface area contributed by atoms with Crippen LogP contribution in [-0.2, 0) is 0 Å². The first-order valence-corrected chi connectivity index (χ1v) is 8.77. The van der Waals surface area contributed by atoms with Gasteiger partial charge in [-0.05, 0) is 42.3 Å². The number of rotatable bonds is 4. The summed E-state index contributed by atoms with van der Waals surface area (Å²) < 4.78 is 13.4. The molecule has 0 saturated carbocycles. The molecule has 3 aromatic heterocycles. The molecule has 3 heterocycles. The lowest BCUT2D eigenvalue weighted by Gasteiger charge is -2.08. The van der Waals surface area contributed by atoms with Gasteiger partial charge in [-0.1, -0.05) is 12.1 Å². The number of pyridine rings is 1. The van der Waals surface area contributed by atoms with Crippen molar-refractivity contribution in [2.75, 3.05) is 11.9 Å². The fourth-order valence-corrected chi connectivity index (χ4v) is 4.00. The Bertz CT molecular complexity index is 1010. The van der Waals surface area contributed by atoms with Gasteiger partial charge in [0.05, 0.1) is 5.39 Å². The van der Waals surface area contributed by atoms with Gasteiger partial charge in [0.15, 0.2) is 0 Å². The molecular weight excluding hydrogens is 335 g/mol. The summed E-state index contributed by atoms with van der Waals surface area (Å²) in [6.07, 6.45) is 5.11. The van der Waals surface area contributed by atoms with E-state index in [9.17, 15) is 4.39 Å². The van der Waals surface area contributed by atoms with Crippen molar-refractivity contribution in [3.63, 3.8) is 0 Å². The normalized spacial score (nSPS) is 11.0. The highest BCUT2D eigenvalue weighted by molar-refractivity contribution is 7.22. The summed E-state index contributed by atoms with van der Waals surface area (Å²) in [5, 5.41) is 4.27. The van der Waals surface area contributed by atoms with Crippen molar-refractivity contribution in [1.82, 2.24) is 15.0 Å². The number of benzene rings is 1. The summed E-state index contributed by atoms with van der Waals surface area (Å²) in [7, 11) is 0. The molecule has 0 saturated heterocycles. The quantitative estimate of drug-likeness (QED) is 0.563. The van der Waals surface area contributed by atoms with E-state index in [4.69, 9.17) is 0 Å². The van der Waals surface area contributed by atoms with Crippen molar-refractivity contribution < 1.29 is 4.39 Å². The van der Waals surface area contributed by atoms with Gasteiger partial charge in [-0.2, -0.15) is 0 Å². The van der Waals surface area contributed by atoms with Gasteiger partial charge >= 0.3 is 0 Å². The third kappa shape index (κ3) is 2.85. The Morgan fingerprint density at radius 1 is 1.00 bits per heavy atom. The molecule has 0 amide bonds. The molecule has 0 radical (unpaired) electrons. The molecule has 0 fully saturated rings. The molecular formula is C19H15FN4S. The van der Waals surface area contributed by atoms with Crippen molar-refractivity contribution in [2.24, 2.45) is 0 Å². The van der Waals surface area contributed by atoms with Gasteiger partial charge in [-0.15, -0.1) is 11.3 Å². The molecule has 4 nitrogen and oxygen atoms in total. The van der Waals surface area contributed by atoms with Gasteiger partial charge in [-0.3, -0.25) is 4.98 Å². The van der Waals surface area contributed by atoms with Crippen LogP contribution in [0.15, 0.2) is 55.1 Å². The lowest BCUT2D eigenvalue weighted by molar-refractivity contribution is 0.628. The van der Waals surface area contributed by atoms with Crippen molar-refractivity contribution >= 4 is 27.4 Å². The van der Waals surface area contributed by atoms with E-state index >= 15 is 0 Å². The number of aromatic nitrogens is 3. The van der Waals surface area contributed by atoms with E-state index in [-0.39, 0.29) is 5.82 Å². The molecule has 0 unspecified atom stereocenters. The largest absolute Gasteiger partial charge is 0.370 e. The summed E-state index contributed by atoms with van der Waals surface area (Å²) in [6.45, 7) is 2.79. The summed E-state index contributed by atoms with van der Waals surface area (Å²) in [6, 6.07) is 10.5. The first-order valence-electron chi connectivity index (χ1n) is 7.95. The summed E-state index contributed by atoms with van der Waals surface area (Å²) in [5.74, 6) is 0.542. The minimum absolute atomic E-state index is 0.253. The second kappa shape index (κ2) is 6.57. The highest BCUT2D eigenvalue weighted by atomic mass is 32.1. The molecule has 25 heavy (non-hydrogen) atoms. The number of fused-ring (bicyclic) bond motifs is 1. The Morgan fingerprint density at radius 2 is 1.76 bits per heavy atom. The number of hydrogen-bond acceptors (Lipinski definition) is 5. The zero-order valence-corrected chi connectivity index (χ0v) is 14.3. The van der Waals surface area contributed by atoms with Crippen LogP contribution in [0.4, 0.5) is 10.2 Å². The molecule has 4 aromatic rings. The average molecular weight is 350 g/mol. The molecule has 0 bridgehead atoms. The second-order valence-electron chi connectivity index (χ2n) is 5.48. The Kier molecular flexibility index (Phi) is 4.11. The van der Waals surface area contributed by atoms with E-state index in [0.717, 1.165) is 44.1 Å². The third-order valence-corrected chi connectivity index (χ3v) is 5.05. The maximum Gasteiger partial charge on any atom is 0.138 e. The predicted molar refractivity (Wildman–Crippen MR) is 100 cm³/mol. The highest BCUT2D eigenvalue weighted by Gasteiger charge is 2.19. The minimum atomic E-state index is -0.253. The Hall–Kier alpha value is -2.86. The molecule has 0 aliphatic heterocycles. The molecule has 0 spiro atoms. The van der Waals surface area contributed by atoms with Crippen molar-refractivity contribution in [1.29, 1.82) is 0 Å². The van der Waals surface area contributed by atoms with Crippen LogP contribution in [0, 0.1) is 5.82 Å².